The summed E-state index contributed by atoms with van der Waals surface area (Å²) in [6.07, 6.45) is 3.95. The van der Waals surface area contributed by atoms with Gasteiger partial charge in [0.2, 0.25) is 0 Å². The fourth-order valence-electron chi connectivity index (χ4n) is 1.83. The van der Waals surface area contributed by atoms with Gasteiger partial charge in [-0.2, -0.15) is 0 Å². The highest BCUT2D eigenvalue weighted by Gasteiger charge is 2.03. The van der Waals surface area contributed by atoms with Crippen molar-refractivity contribution in [1.82, 2.24) is 4.57 Å². The molecule has 3 nitrogen and oxygen atoms in total. The highest BCUT2D eigenvalue weighted by atomic mass is 32.2. The molecule has 0 fully saturated rings. The van der Waals surface area contributed by atoms with Gasteiger partial charge in [-0.3, -0.25) is 0 Å². The van der Waals surface area contributed by atoms with Crippen LogP contribution in [0.25, 0.3) is 10.9 Å². The first-order valence-electron chi connectivity index (χ1n) is 5.28. The third-order valence-corrected chi connectivity index (χ3v) is 3.62. The van der Waals surface area contributed by atoms with E-state index in [1.807, 2.05) is 18.3 Å². The summed E-state index contributed by atoms with van der Waals surface area (Å²) >= 11 is 0. The molecular weight excluding hydrogens is 222 g/mol. The average Bonchev–Trinajstić information content (AvgIpc) is 2.60. The maximum absolute atomic E-state index is 11.0. The fourth-order valence-corrected chi connectivity index (χ4v) is 2.49. The molecule has 2 rings (SSSR count). The molecule has 1 heterocycles. The van der Waals surface area contributed by atoms with Gasteiger partial charge in [-0.1, -0.05) is 18.2 Å². The Morgan fingerprint density at radius 1 is 1.19 bits per heavy atom. The van der Waals surface area contributed by atoms with E-state index in [0.29, 0.717) is 6.42 Å². The number of fused-ring (bicyclic) bond motifs is 1. The fraction of sp³-hybridized carbons (Fsp3) is 0.333. The van der Waals surface area contributed by atoms with Crippen molar-refractivity contribution >= 4 is 20.7 Å². The summed E-state index contributed by atoms with van der Waals surface area (Å²) < 4.78 is 24.1. The number of nitrogens with zero attached hydrogens (tertiary/aromatic N) is 1. The van der Waals surface area contributed by atoms with Crippen molar-refractivity contribution in [3.05, 3.63) is 36.5 Å². The molecule has 0 bridgehead atoms. The molecule has 0 N–H and O–H groups in total. The molecule has 0 amide bonds. The molecule has 4 heteroatoms. The molecule has 2 aromatic rings. The minimum Gasteiger partial charge on any atom is -0.347 e. The van der Waals surface area contributed by atoms with Crippen molar-refractivity contribution in [1.29, 1.82) is 0 Å². The second-order valence-electron chi connectivity index (χ2n) is 4.05. The minimum absolute atomic E-state index is 0.250. The molecule has 0 aliphatic carbocycles. The summed E-state index contributed by atoms with van der Waals surface area (Å²) in [4.78, 5) is 0. The normalized spacial score (nSPS) is 12.1. The van der Waals surface area contributed by atoms with Crippen LogP contribution in [0.4, 0.5) is 0 Å². The molecular formula is C12H15NO2S. The molecule has 0 atom stereocenters. The van der Waals surface area contributed by atoms with Crippen LogP contribution in [0, 0.1) is 0 Å². The van der Waals surface area contributed by atoms with Gasteiger partial charge >= 0.3 is 0 Å². The van der Waals surface area contributed by atoms with Crippen LogP contribution in [0.1, 0.15) is 6.42 Å². The highest BCUT2D eigenvalue weighted by molar-refractivity contribution is 7.90. The van der Waals surface area contributed by atoms with E-state index in [1.54, 1.807) is 0 Å². The third-order valence-electron chi connectivity index (χ3n) is 2.59. The van der Waals surface area contributed by atoms with Gasteiger partial charge in [-0.25, -0.2) is 8.42 Å². The summed E-state index contributed by atoms with van der Waals surface area (Å²) in [6, 6.07) is 10.2. The molecule has 1 aromatic heterocycles. The largest absolute Gasteiger partial charge is 0.347 e. The van der Waals surface area contributed by atoms with E-state index in [1.165, 1.54) is 11.6 Å². The van der Waals surface area contributed by atoms with E-state index >= 15 is 0 Å². The van der Waals surface area contributed by atoms with E-state index in [0.717, 1.165) is 12.1 Å². The van der Waals surface area contributed by atoms with Gasteiger partial charge in [-0.05, 0) is 23.9 Å². The van der Waals surface area contributed by atoms with Crippen molar-refractivity contribution in [2.75, 3.05) is 12.0 Å². The molecule has 86 valence electrons. The zero-order valence-corrected chi connectivity index (χ0v) is 10.1. The second-order valence-corrected chi connectivity index (χ2v) is 6.31. The van der Waals surface area contributed by atoms with E-state index in [-0.39, 0.29) is 5.75 Å². The molecule has 0 aliphatic rings. The zero-order valence-electron chi connectivity index (χ0n) is 9.26. The van der Waals surface area contributed by atoms with Crippen LogP contribution in [0.2, 0.25) is 0 Å². The number of aromatic nitrogens is 1. The molecule has 16 heavy (non-hydrogen) atoms. The van der Waals surface area contributed by atoms with Gasteiger partial charge in [0.25, 0.3) is 0 Å². The van der Waals surface area contributed by atoms with E-state index in [4.69, 9.17) is 0 Å². The number of aryl methyl sites for hydroxylation is 1. The number of rotatable bonds is 4. The second kappa shape index (κ2) is 4.29. The third kappa shape index (κ3) is 2.64. The molecule has 0 saturated heterocycles. The molecule has 1 aromatic carbocycles. The Morgan fingerprint density at radius 3 is 2.69 bits per heavy atom. The van der Waals surface area contributed by atoms with Crippen molar-refractivity contribution in [3.8, 4) is 0 Å². The van der Waals surface area contributed by atoms with Gasteiger partial charge in [0.1, 0.15) is 9.84 Å². The maximum atomic E-state index is 11.0. The first-order valence-corrected chi connectivity index (χ1v) is 7.34. The summed E-state index contributed by atoms with van der Waals surface area (Å²) in [5.74, 6) is 0.250. The van der Waals surface area contributed by atoms with Crippen LogP contribution in [-0.4, -0.2) is 25.0 Å². The number of sulfone groups is 1. The molecule has 0 radical (unpaired) electrons. The summed E-state index contributed by atoms with van der Waals surface area (Å²) in [7, 11) is -2.84. The van der Waals surface area contributed by atoms with Crippen LogP contribution in [0.5, 0.6) is 0 Å². The molecule has 0 saturated carbocycles. The van der Waals surface area contributed by atoms with Crippen LogP contribution < -0.4 is 0 Å². The molecule has 0 spiro atoms. The Morgan fingerprint density at radius 2 is 1.94 bits per heavy atom. The zero-order chi connectivity index (χ0) is 11.6. The van der Waals surface area contributed by atoms with Crippen molar-refractivity contribution in [3.63, 3.8) is 0 Å². The number of para-hydroxylation sites is 1. The van der Waals surface area contributed by atoms with Crippen LogP contribution in [0.15, 0.2) is 36.5 Å². The van der Waals surface area contributed by atoms with Crippen LogP contribution in [0.3, 0.4) is 0 Å². The Kier molecular flexibility index (Phi) is 3.01. The Balaban J connectivity index is 2.10. The standard InChI is InChI=1S/C12H15NO2S/c1-16(14,15)10-4-8-13-9-7-11-5-2-3-6-12(11)13/h2-3,5-7,9H,4,8,10H2,1H3. The number of benzene rings is 1. The van der Waals surface area contributed by atoms with Crippen molar-refractivity contribution < 1.29 is 8.42 Å². The van der Waals surface area contributed by atoms with E-state index < -0.39 is 9.84 Å². The lowest BCUT2D eigenvalue weighted by Crippen LogP contribution is -2.06. The van der Waals surface area contributed by atoms with Crippen molar-refractivity contribution in [2.24, 2.45) is 0 Å². The van der Waals surface area contributed by atoms with Gasteiger partial charge in [-0.15, -0.1) is 0 Å². The van der Waals surface area contributed by atoms with E-state index in [2.05, 4.69) is 22.8 Å². The first kappa shape index (κ1) is 11.2. The topological polar surface area (TPSA) is 39.1 Å². The maximum Gasteiger partial charge on any atom is 0.147 e. The van der Waals surface area contributed by atoms with Gasteiger partial charge in [0.05, 0.1) is 5.75 Å². The van der Waals surface area contributed by atoms with Crippen LogP contribution >= 0.6 is 0 Å². The first-order chi connectivity index (χ1) is 7.56. The average molecular weight is 237 g/mol. The van der Waals surface area contributed by atoms with Gasteiger partial charge in [0.15, 0.2) is 0 Å². The lowest BCUT2D eigenvalue weighted by Gasteiger charge is -2.04. The van der Waals surface area contributed by atoms with E-state index in [9.17, 15) is 8.42 Å². The predicted molar refractivity (Wildman–Crippen MR) is 66.3 cm³/mol. The number of hydrogen-bond acceptors (Lipinski definition) is 2. The number of hydrogen-bond donors (Lipinski definition) is 0. The SMILES string of the molecule is CS(=O)(=O)CCCn1ccc2ccccc21. The highest BCUT2D eigenvalue weighted by Crippen LogP contribution is 2.15. The Hall–Kier alpha value is -1.29. The van der Waals surface area contributed by atoms with Crippen molar-refractivity contribution in [2.45, 2.75) is 13.0 Å². The Labute approximate surface area is 95.6 Å². The summed E-state index contributed by atoms with van der Waals surface area (Å²) in [5, 5.41) is 1.20. The monoisotopic (exact) mass is 237 g/mol. The van der Waals surface area contributed by atoms with Gasteiger partial charge < -0.3 is 4.57 Å². The van der Waals surface area contributed by atoms with Crippen LogP contribution in [-0.2, 0) is 16.4 Å². The quantitative estimate of drug-likeness (QED) is 0.816. The molecule has 0 aliphatic heterocycles. The molecule has 0 unspecified atom stereocenters. The predicted octanol–water partition coefficient (Wildman–Crippen LogP) is 2.08. The smallest absolute Gasteiger partial charge is 0.147 e. The summed E-state index contributed by atoms with van der Waals surface area (Å²) in [5.41, 5.74) is 1.16. The minimum atomic E-state index is -2.84. The Bertz CT molecular complexity index is 584. The lowest BCUT2D eigenvalue weighted by atomic mass is 10.2. The van der Waals surface area contributed by atoms with Gasteiger partial charge in [0, 0.05) is 24.5 Å². The lowest BCUT2D eigenvalue weighted by molar-refractivity contribution is 0.593. The summed E-state index contributed by atoms with van der Waals surface area (Å²) in [6.45, 7) is 0.751.